The Morgan fingerprint density at radius 1 is 1.00 bits per heavy atom. The van der Waals surface area contributed by atoms with Crippen LogP contribution in [0.25, 0.3) is 0 Å². The maximum Gasteiger partial charge on any atom is 0.471 e. The van der Waals surface area contributed by atoms with Gasteiger partial charge in [0.1, 0.15) is 0 Å². The summed E-state index contributed by atoms with van der Waals surface area (Å²) in [5.41, 5.74) is 1.70. The Morgan fingerprint density at radius 3 is 2.03 bits per heavy atom. The van der Waals surface area contributed by atoms with Crippen molar-refractivity contribution < 1.29 is 27.6 Å². The van der Waals surface area contributed by atoms with Gasteiger partial charge in [-0.2, -0.15) is 13.2 Å². The lowest BCUT2D eigenvalue weighted by atomic mass is 9.45. The van der Waals surface area contributed by atoms with E-state index in [1.807, 2.05) is 24.3 Å². The molecule has 3 atom stereocenters. The van der Waals surface area contributed by atoms with Crippen molar-refractivity contribution >= 4 is 17.7 Å². The number of nitrogens with zero attached hydrogens (tertiary/aromatic N) is 1. The summed E-state index contributed by atoms with van der Waals surface area (Å²) >= 11 is 0. The summed E-state index contributed by atoms with van der Waals surface area (Å²) in [5, 5.41) is 2.10. The van der Waals surface area contributed by atoms with Crippen molar-refractivity contribution in [3.63, 3.8) is 0 Å². The van der Waals surface area contributed by atoms with Crippen LogP contribution < -0.4 is 5.32 Å². The summed E-state index contributed by atoms with van der Waals surface area (Å²) in [6.45, 7) is 1.48. The number of hydrogen-bond donors (Lipinski definition) is 1. The van der Waals surface area contributed by atoms with Crippen LogP contribution in [0.2, 0.25) is 0 Å². The van der Waals surface area contributed by atoms with Crippen LogP contribution in [0.1, 0.15) is 35.1 Å². The van der Waals surface area contributed by atoms with E-state index in [4.69, 9.17) is 0 Å². The molecule has 2 bridgehead atoms. The van der Waals surface area contributed by atoms with Gasteiger partial charge in [-0.3, -0.25) is 19.3 Å². The zero-order valence-corrected chi connectivity index (χ0v) is 16.7. The number of imide groups is 1. The number of alkyl halides is 3. The number of carbonyl (C=O) groups excluding carboxylic acids is 3. The van der Waals surface area contributed by atoms with E-state index < -0.39 is 41.3 Å². The van der Waals surface area contributed by atoms with Crippen molar-refractivity contribution in [2.75, 3.05) is 7.05 Å². The summed E-state index contributed by atoms with van der Waals surface area (Å²) in [6, 6.07) is 13.4. The van der Waals surface area contributed by atoms with Crippen molar-refractivity contribution in [2.24, 2.45) is 11.8 Å². The van der Waals surface area contributed by atoms with Gasteiger partial charge in [0.15, 0.2) is 0 Å². The fraction of sp³-hybridized carbons (Fsp3) is 0.348. The average molecular weight is 428 g/mol. The molecular weight excluding hydrogens is 409 g/mol. The van der Waals surface area contributed by atoms with Crippen molar-refractivity contribution in [3.05, 3.63) is 70.8 Å². The Morgan fingerprint density at radius 2 is 1.52 bits per heavy atom. The van der Waals surface area contributed by atoms with Gasteiger partial charge in [0.05, 0.1) is 17.3 Å². The van der Waals surface area contributed by atoms with Crippen LogP contribution >= 0.6 is 0 Å². The first kappa shape index (κ1) is 19.8. The van der Waals surface area contributed by atoms with Crippen LogP contribution in [-0.2, 0) is 19.8 Å². The summed E-state index contributed by atoms with van der Waals surface area (Å²) < 4.78 is 39.4. The van der Waals surface area contributed by atoms with E-state index in [2.05, 4.69) is 5.32 Å². The summed E-state index contributed by atoms with van der Waals surface area (Å²) in [6.07, 6.45) is -5.07. The van der Waals surface area contributed by atoms with Crippen LogP contribution in [0.5, 0.6) is 0 Å². The molecule has 160 valence electrons. The van der Waals surface area contributed by atoms with Crippen molar-refractivity contribution in [1.29, 1.82) is 0 Å². The predicted molar refractivity (Wildman–Crippen MR) is 104 cm³/mol. The molecule has 2 aromatic carbocycles. The smallest absolute Gasteiger partial charge is 0.345 e. The Kier molecular flexibility index (Phi) is 3.95. The number of carbonyl (C=O) groups is 3. The van der Waals surface area contributed by atoms with E-state index in [9.17, 15) is 27.6 Å². The highest BCUT2D eigenvalue weighted by molar-refractivity contribution is 6.08. The lowest BCUT2D eigenvalue weighted by molar-refractivity contribution is -0.175. The van der Waals surface area contributed by atoms with Gasteiger partial charge in [-0.1, -0.05) is 48.5 Å². The maximum absolute atomic E-state index is 13.3. The molecule has 3 aliphatic carbocycles. The van der Waals surface area contributed by atoms with Crippen LogP contribution in [-0.4, -0.2) is 41.9 Å². The summed E-state index contributed by atoms with van der Waals surface area (Å²) in [5.74, 6) is -4.85. The number of nitrogens with one attached hydrogen (secondary N) is 1. The lowest BCUT2D eigenvalue weighted by Gasteiger charge is -2.56. The second-order valence-electron chi connectivity index (χ2n) is 8.45. The lowest BCUT2D eigenvalue weighted by Crippen LogP contribution is -2.63. The van der Waals surface area contributed by atoms with Gasteiger partial charge in [0.2, 0.25) is 11.8 Å². The first-order chi connectivity index (χ1) is 14.6. The Bertz CT molecular complexity index is 1100. The second kappa shape index (κ2) is 6.18. The molecule has 1 unspecified atom stereocenters. The number of hydrogen-bond acceptors (Lipinski definition) is 3. The van der Waals surface area contributed by atoms with Gasteiger partial charge in [0.25, 0.3) is 0 Å². The Balaban J connectivity index is 1.83. The minimum atomic E-state index is -5.07. The fourth-order valence-corrected chi connectivity index (χ4v) is 6.10. The van der Waals surface area contributed by atoms with E-state index in [0.29, 0.717) is 11.1 Å². The molecule has 0 saturated carbocycles. The quantitative estimate of drug-likeness (QED) is 0.749. The fourth-order valence-electron chi connectivity index (χ4n) is 6.10. The number of halogens is 3. The van der Waals surface area contributed by atoms with Crippen LogP contribution in [0.15, 0.2) is 48.5 Å². The third-order valence-electron chi connectivity index (χ3n) is 7.19. The summed E-state index contributed by atoms with van der Waals surface area (Å²) in [7, 11) is 1.41. The Labute approximate surface area is 176 Å². The van der Waals surface area contributed by atoms with Crippen molar-refractivity contribution in [1.82, 2.24) is 10.2 Å². The SMILES string of the molecule is CC(NC(=O)C(F)(F)F)C12c3ccccc3C(c3ccccc31)[C@H]1C(=O)N(C)C(=O)[C@H]12. The number of benzene rings is 2. The van der Waals surface area contributed by atoms with Crippen molar-refractivity contribution in [3.8, 4) is 0 Å². The topological polar surface area (TPSA) is 66.5 Å². The molecule has 6 rings (SSSR count). The minimum absolute atomic E-state index is 0.345. The number of rotatable bonds is 2. The second-order valence-corrected chi connectivity index (χ2v) is 8.45. The van der Waals surface area contributed by atoms with E-state index in [1.165, 1.54) is 14.0 Å². The van der Waals surface area contributed by atoms with E-state index in [-0.39, 0.29) is 11.8 Å². The molecule has 0 radical (unpaired) electrons. The normalized spacial score (nSPS) is 29.3. The van der Waals surface area contributed by atoms with Gasteiger partial charge in [-0.15, -0.1) is 0 Å². The van der Waals surface area contributed by atoms with E-state index in [0.717, 1.165) is 16.0 Å². The van der Waals surface area contributed by atoms with Crippen molar-refractivity contribution in [2.45, 2.75) is 30.5 Å². The molecule has 0 aromatic heterocycles. The van der Waals surface area contributed by atoms with Gasteiger partial charge >= 0.3 is 12.1 Å². The molecule has 5 nitrogen and oxygen atoms in total. The molecule has 1 fully saturated rings. The number of amides is 3. The van der Waals surface area contributed by atoms with Gasteiger partial charge in [-0.05, 0) is 29.2 Å². The van der Waals surface area contributed by atoms with Gasteiger partial charge in [0, 0.05) is 19.0 Å². The highest BCUT2D eigenvalue weighted by Gasteiger charge is 2.69. The number of likely N-dealkylation sites (tertiary alicyclic amines) is 1. The minimum Gasteiger partial charge on any atom is -0.345 e. The molecular formula is C23H19F3N2O3. The molecule has 8 heteroatoms. The maximum atomic E-state index is 13.3. The van der Waals surface area contributed by atoms with Crippen LogP contribution in [0.3, 0.4) is 0 Å². The van der Waals surface area contributed by atoms with Crippen LogP contribution in [0.4, 0.5) is 13.2 Å². The average Bonchev–Trinajstić information content (AvgIpc) is 2.97. The van der Waals surface area contributed by atoms with E-state index in [1.54, 1.807) is 24.3 Å². The third kappa shape index (κ3) is 2.30. The predicted octanol–water partition coefficient (Wildman–Crippen LogP) is 2.73. The zero-order valence-electron chi connectivity index (χ0n) is 16.7. The van der Waals surface area contributed by atoms with E-state index >= 15 is 0 Å². The molecule has 31 heavy (non-hydrogen) atoms. The monoisotopic (exact) mass is 428 g/mol. The molecule has 3 amide bonds. The zero-order chi connectivity index (χ0) is 22.3. The first-order valence-electron chi connectivity index (χ1n) is 9.99. The largest absolute Gasteiger partial charge is 0.471 e. The molecule has 4 aliphatic rings. The highest BCUT2D eigenvalue weighted by atomic mass is 19.4. The standard InChI is InChI=1S/C23H19F3N2O3/c1-11(27-21(31)23(24,25)26)22-14-9-5-3-7-12(14)16(13-8-4-6-10-15(13)22)17-18(22)20(30)28(2)19(17)29/h3-11,16-18H,1-2H3,(H,27,31)/t11?,16?,17-,18+,22?/m1/s1. The highest BCUT2D eigenvalue weighted by Crippen LogP contribution is 2.65. The van der Waals surface area contributed by atoms with Crippen LogP contribution in [0, 0.1) is 11.8 Å². The van der Waals surface area contributed by atoms with Gasteiger partial charge in [-0.25, -0.2) is 0 Å². The molecule has 1 saturated heterocycles. The molecule has 1 N–H and O–H groups in total. The van der Waals surface area contributed by atoms with Gasteiger partial charge < -0.3 is 5.32 Å². The first-order valence-corrected chi connectivity index (χ1v) is 9.99. The molecule has 2 aromatic rings. The molecule has 1 aliphatic heterocycles. The third-order valence-corrected chi connectivity index (χ3v) is 7.19. The Hall–Kier alpha value is -3.16. The summed E-state index contributed by atoms with van der Waals surface area (Å²) in [4.78, 5) is 39.5. The molecule has 1 heterocycles. The molecule has 0 spiro atoms.